The van der Waals surface area contributed by atoms with Crippen LogP contribution in [0.2, 0.25) is 0 Å². The average Bonchev–Trinajstić information content (AvgIpc) is 3.94. The van der Waals surface area contributed by atoms with Gasteiger partial charge in [-0.25, -0.2) is 9.98 Å². The Balaban J connectivity index is 1.17. The molecule has 3 aromatic heterocycles. The number of aromatic nitrogens is 2. The molecular formula is C43H27N5OS. The van der Waals surface area contributed by atoms with Crippen molar-refractivity contribution in [3.63, 3.8) is 0 Å². The molecule has 0 saturated carbocycles. The van der Waals surface area contributed by atoms with Crippen molar-refractivity contribution in [2.45, 2.75) is 12.2 Å². The maximum absolute atomic E-state index is 6.65. The van der Waals surface area contributed by atoms with Crippen molar-refractivity contribution in [2.75, 3.05) is 5.75 Å². The molecule has 50 heavy (non-hydrogen) atoms. The highest BCUT2D eigenvalue weighted by molar-refractivity contribution is 8.02. The normalized spacial score (nSPS) is 18.4. The van der Waals surface area contributed by atoms with Gasteiger partial charge in [0.05, 0.1) is 44.6 Å². The molecule has 2 atom stereocenters. The maximum Gasteiger partial charge on any atom is 0.159 e. The number of hydrogen-bond acceptors (Lipinski definition) is 5. The van der Waals surface area contributed by atoms with Crippen LogP contribution in [0, 0.1) is 0 Å². The van der Waals surface area contributed by atoms with E-state index < -0.39 is 0 Å². The van der Waals surface area contributed by atoms with E-state index in [1.165, 1.54) is 60.1 Å². The van der Waals surface area contributed by atoms with E-state index in [4.69, 9.17) is 14.4 Å². The monoisotopic (exact) mass is 661 g/mol. The van der Waals surface area contributed by atoms with E-state index in [2.05, 4.69) is 135 Å². The predicted molar refractivity (Wildman–Crippen MR) is 207 cm³/mol. The molecule has 0 radical (unpaired) electrons. The third-order valence-corrected chi connectivity index (χ3v) is 11.6. The van der Waals surface area contributed by atoms with Gasteiger partial charge in [-0.3, -0.25) is 0 Å². The van der Waals surface area contributed by atoms with Gasteiger partial charge < -0.3 is 18.9 Å². The van der Waals surface area contributed by atoms with Crippen LogP contribution in [-0.4, -0.2) is 26.6 Å². The van der Waals surface area contributed by atoms with Gasteiger partial charge in [0.15, 0.2) is 5.84 Å². The Bertz CT molecular complexity index is 3020. The molecule has 6 heterocycles. The first kappa shape index (κ1) is 26.9. The molecule has 6 aromatic carbocycles. The van der Waals surface area contributed by atoms with Crippen LogP contribution in [0.1, 0.15) is 28.9 Å². The summed E-state index contributed by atoms with van der Waals surface area (Å²) in [5.74, 6) is 2.49. The SMILES string of the molecule is C1=C2C(CS1)n1c3cc(C4=NC(c5ccccc5)NC(c5ccccc5)=N4)ccc3c3ccc4oc5ccc6c7ccccc7n2c6c5c4c31. The second-order valence-electron chi connectivity index (χ2n) is 13.4. The standard InChI is InChI=1S/C43H27N5OS/c1-3-9-24(10-4-1)41-44-42(25-11-5-2-6-12-25)46-43(45-41)26-15-16-28-30-18-20-36-38-37-35(49-36)19-17-29-27-13-7-8-14-31(27)47(39(29)37)33-22-50-23-34(33)48(40(30)38)32(28)21-26/h1-22,34,41H,23H2,(H,44,45,46). The summed E-state index contributed by atoms with van der Waals surface area (Å²) in [7, 11) is 0. The fraction of sp³-hybridized carbons (Fsp3) is 0.0698. The smallest absolute Gasteiger partial charge is 0.159 e. The summed E-state index contributed by atoms with van der Waals surface area (Å²) in [5.41, 5.74) is 11.2. The number of furan rings is 1. The van der Waals surface area contributed by atoms with E-state index in [1.807, 2.05) is 23.9 Å². The van der Waals surface area contributed by atoms with Crippen LogP contribution in [-0.2, 0) is 0 Å². The summed E-state index contributed by atoms with van der Waals surface area (Å²) in [4.78, 5) is 10.4. The molecule has 2 unspecified atom stereocenters. The van der Waals surface area contributed by atoms with Gasteiger partial charge in [-0.15, -0.1) is 11.8 Å². The van der Waals surface area contributed by atoms with Crippen molar-refractivity contribution in [2.24, 2.45) is 9.98 Å². The number of allylic oxidation sites excluding steroid dienone is 1. The molecule has 0 amide bonds. The van der Waals surface area contributed by atoms with Gasteiger partial charge in [0.25, 0.3) is 0 Å². The fourth-order valence-electron chi connectivity index (χ4n) is 8.59. The van der Waals surface area contributed by atoms with Crippen molar-refractivity contribution in [3.8, 4) is 0 Å². The summed E-state index contributed by atoms with van der Waals surface area (Å²) in [6, 6.07) is 45.2. The van der Waals surface area contributed by atoms with E-state index in [9.17, 15) is 0 Å². The lowest BCUT2D eigenvalue weighted by Crippen LogP contribution is -2.33. The van der Waals surface area contributed by atoms with Crippen molar-refractivity contribution < 1.29 is 4.42 Å². The molecule has 1 N–H and O–H groups in total. The highest BCUT2D eigenvalue weighted by Crippen LogP contribution is 2.51. The molecule has 3 aliphatic heterocycles. The Morgan fingerprint density at radius 2 is 1.36 bits per heavy atom. The molecule has 3 aliphatic rings. The first-order chi connectivity index (χ1) is 24.8. The van der Waals surface area contributed by atoms with Crippen LogP contribution in [0.5, 0.6) is 0 Å². The van der Waals surface area contributed by atoms with E-state index in [0.29, 0.717) is 0 Å². The minimum atomic E-state index is -0.258. The van der Waals surface area contributed by atoms with Crippen LogP contribution in [0.3, 0.4) is 0 Å². The van der Waals surface area contributed by atoms with E-state index in [1.54, 1.807) is 0 Å². The minimum Gasteiger partial charge on any atom is -0.456 e. The number of hydrogen-bond donors (Lipinski definition) is 1. The number of thioether (sulfide) groups is 1. The molecular weight excluding hydrogens is 635 g/mol. The summed E-state index contributed by atoms with van der Waals surface area (Å²) in [6.45, 7) is 0. The number of amidine groups is 2. The zero-order valence-electron chi connectivity index (χ0n) is 26.7. The quantitative estimate of drug-likeness (QED) is 0.205. The average molecular weight is 662 g/mol. The zero-order chi connectivity index (χ0) is 32.5. The second-order valence-corrected chi connectivity index (χ2v) is 14.3. The zero-order valence-corrected chi connectivity index (χ0v) is 27.5. The van der Waals surface area contributed by atoms with Crippen LogP contribution >= 0.6 is 11.8 Å². The lowest BCUT2D eigenvalue weighted by molar-refractivity contribution is 0.669. The van der Waals surface area contributed by atoms with Crippen molar-refractivity contribution >= 4 is 94.7 Å². The summed E-state index contributed by atoms with van der Waals surface area (Å²) < 4.78 is 11.8. The fourth-order valence-corrected chi connectivity index (χ4v) is 9.62. The topological polar surface area (TPSA) is 59.8 Å². The molecule has 236 valence electrons. The van der Waals surface area contributed by atoms with E-state index in [-0.39, 0.29) is 12.2 Å². The Morgan fingerprint density at radius 3 is 2.20 bits per heavy atom. The summed E-state index contributed by atoms with van der Waals surface area (Å²) in [5, 5.41) is 13.3. The Kier molecular flexibility index (Phi) is 5.25. The number of nitrogens with one attached hydrogen (secondary N) is 1. The molecule has 0 bridgehead atoms. The summed E-state index contributed by atoms with van der Waals surface area (Å²) in [6.07, 6.45) is -0.258. The van der Waals surface area contributed by atoms with E-state index >= 15 is 0 Å². The van der Waals surface area contributed by atoms with Crippen molar-refractivity contribution in [1.29, 1.82) is 0 Å². The summed E-state index contributed by atoms with van der Waals surface area (Å²) >= 11 is 1.90. The van der Waals surface area contributed by atoms with Crippen LogP contribution < -0.4 is 5.32 Å². The highest BCUT2D eigenvalue weighted by atomic mass is 32.2. The maximum atomic E-state index is 6.65. The second kappa shape index (κ2) is 9.77. The number of benzene rings is 6. The van der Waals surface area contributed by atoms with Gasteiger partial charge in [-0.2, -0.15) is 0 Å². The van der Waals surface area contributed by atoms with Crippen LogP contribution in [0.15, 0.2) is 147 Å². The number of aliphatic imine (C=N–C) groups is 2. The lowest BCUT2D eigenvalue weighted by Gasteiger charge is -2.24. The third kappa shape index (κ3) is 3.49. The molecule has 0 saturated heterocycles. The van der Waals surface area contributed by atoms with Crippen molar-refractivity contribution in [3.05, 3.63) is 149 Å². The molecule has 0 aliphatic carbocycles. The van der Waals surface area contributed by atoms with Gasteiger partial charge in [-0.1, -0.05) is 91.0 Å². The van der Waals surface area contributed by atoms with Gasteiger partial charge in [0.2, 0.25) is 0 Å². The number of rotatable bonds is 3. The number of fused-ring (bicyclic) bond motifs is 9. The Morgan fingerprint density at radius 1 is 0.660 bits per heavy atom. The number of nitrogens with zero attached hydrogens (tertiary/aromatic N) is 4. The molecule has 12 rings (SSSR count). The van der Waals surface area contributed by atoms with Crippen molar-refractivity contribution in [1.82, 2.24) is 14.5 Å². The first-order valence-electron chi connectivity index (χ1n) is 17.0. The first-order valence-corrected chi connectivity index (χ1v) is 18.1. The Hall–Kier alpha value is -6.05. The highest BCUT2D eigenvalue weighted by Gasteiger charge is 2.34. The molecule has 7 heteroatoms. The van der Waals surface area contributed by atoms with E-state index in [0.717, 1.165) is 45.3 Å². The molecule has 0 fully saturated rings. The largest absolute Gasteiger partial charge is 0.456 e. The minimum absolute atomic E-state index is 0.119. The van der Waals surface area contributed by atoms with Gasteiger partial charge in [-0.05, 0) is 47.4 Å². The molecule has 6 nitrogen and oxygen atoms in total. The molecule has 9 aromatic rings. The molecule has 0 spiro atoms. The Labute approximate surface area is 290 Å². The number of para-hydroxylation sites is 1. The lowest BCUT2D eigenvalue weighted by atomic mass is 10.0. The van der Waals surface area contributed by atoms with Gasteiger partial charge in [0, 0.05) is 38.4 Å². The van der Waals surface area contributed by atoms with Gasteiger partial charge in [0.1, 0.15) is 23.2 Å². The van der Waals surface area contributed by atoms with Gasteiger partial charge >= 0.3 is 0 Å². The third-order valence-electron chi connectivity index (χ3n) is 10.7. The predicted octanol–water partition coefficient (Wildman–Crippen LogP) is 10.4. The van der Waals surface area contributed by atoms with Crippen LogP contribution in [0.25, 0.3) is 71.2 Å². The van der Waals surface area contributed by atoms with Crippen LogP contribution in [0.4, 0.5) is 0 Å².